The molecule has 2 unspecified atom stereocenters. The topological polar surface area (TPSA) is 29.9 Å². The minimum absolute atomic E-state index is 0.369. The Morgan fingerprint density at radius 3 is 2.67 bits per heavy atom. The summed E-state index contributed by atoms with van der Waals surface area (Å²) in [6.07, 6.45) is 2.13. The van der Waals surface area contributed by atoms with E-state index in [1.54, 1.807) is 0 Å². The summed E-state index contributed by atoms with van der Waals surface area (Å²) in [6.45, 7) is 9.72. The van der Waals surface area contributed by atoms with Crippen LogP contribution in [0.5, 0.6) is 0 Å². The number of nitrogens with zero attached hydrogens (tertiary/aromatic N) is 2. The lowest BCUT2D eigenvalue weighted by Crippen LogP contribution is -2.28. The van der Waals surface area contributed by atoms with Crippen LogP contribution in [-0.4, -0.2) is 16.3 Å². The zero-order chi connectivity index (χ0) is 15.0. The van der Waals surface area contributed by atoms with Crippen molar-refractivity contribution in [2.75, 3.05) is 6.54 Å². The van der Waals surface area contributed by atoms with Crippen molar-refractivity contribution in [2.45, 2.75) is 52.6 Å². The van der Waals surface area contributed by atoms with E-state index < -0.39 is 0 Å². The number of fused-ring (bicyclic) bond motifs is 1. The van der Waals surface area contributed by atoms with Crippen molar-refractivity contribution in [3.05, 3.63) is 52.3 Å². The highest BCUT2D eigenvalue weighted by Gasteiger charge is 2.34. The van der Waals surface area contributed by atoms with Gasteiger partial charge in [-0.3, -0.25) is 4.68 Å². The van der Waals surface area contributed by atoms with Crippen LogP contribution in [0.3, 0.4) is 0 Å². The molecule has 0 saturated heterocycles. The van der Waals surface area contributed by atoms with Crippen molar-refractivity contribution in [1.29, 1.82) is 0 Å². The summed E-state index contributed by atoms with van der Waals surface area (Å²) in [6, 6.07) is 9.56. The average molecular weight is 283 g/mol. The van der Waals surface area contributed by atoms with E-state index in [0.29, 0.717) is 12.1 Å². The number of benzene rings is 1. The van der Waals surface area contributed by atoms with Gasteiger partial charge in [0.15, 0.2) is 0 Å². The van der Waals surface area contributed by atoms with Gasteiger partial charge in [0.25, 0.3) is 0 Å². The van der Waals surface area contributed by atoms with Crippen molar-refractivity contribution in [1.82, 2.24) is 15.1 Å². The second-order valence-corrected chi connectivity index (χ2v) is 5.95. The number of nitrogens with one attached hydrogen (secondary N) is 1. The Labute approximate surface area is 127 Å². The molecule has 1 N–H and O–H groups in total. The molecule has 0 spiro atoms. The highest BCUT2D eigenvalue weighted by Crippen LogP contribution is 2.40. The Hall–Kier alpha value is -1.61. The summed E-state index contributed by atoms with van der Waals surface area (Å²) in [5, 5.41) is 8.52. The van der Waals surface area contributed by atoms with Gasteiger partial charge in [-0.25, -0.2) is 0 Å². The average Bonchev–Trinajstić information content (AvgIpc) is 2.98. The molecule has 3 nitrogen and oxygen atoms in total. The molecule has 0 saturated carbocycles. The molecule has 0 amide bonds. The fourth-order valence-electron chi connectivity index (χ4n) is 3.80. The van der Waals surface area contributed by atoms with Gasteiger partial charge in [0.2, 0.25) is 0 Å². The molecule has 2 atom stereocenters. The van der Waals surface area contributed by atoms with E-state index in [9.17, 15) is 0 Å². The van der Waals surface area contributed by atoms with E-state index in [1.807, 2.05) is 0 Å². The first-order chi connectivity index (χ1) is 10.2. The first-order valence-corrected chi connectivity index (χ1v) is 8.03. The normalized spacial score (nSPS) is 20.8. The van der Waals surface area contributed by atoms with Crippen molar-refractivity contribution < 1.29 is 0 Å². The lowest BCUT2D eigenvalue weighted by molar-refractivity contribution is 0.353. The highest BCUT2D eigenvalue weighted by molar-refractivity contribution is 5.37. The molecule has 3 heteroatoms. The molecular weight excluding hydrogens is 258 g/mol. The van der Waals surface area contributed by atoms with E-state index in [4.69, 9.17) is 5.10 Å². The van der Waals surface area contributed by atoms with Crippen LogP contribution < -0.4 is 5.32 Å². The number of rotatable bonds is 4. The van der Waals surface area contributed by atoms with Gasteiger partial charge in [0, 0.05) is 5.69 Å². The summed E-state index contributed by atoms with van der Waals surface area (Å²) in [7, 11) is 0. The van der Waals surface area contributed by atoms with Gasteiger partial charge >= 0.3 is 0 Å². The number of aryl methyl sites for hydroxylation is 1. The molecule has 0 bridgehead atoms. The van der Waals surface area contributed by atoms with Crippen LogP contribution in [0.4, 0.5) is 0 Å². The van der Waals surface area contributed by atoms with Gasteiger partial charge in [-0.15, -0.1) is 0 Å². The van der Waals surface area contributed by atoms with Crippen molar-refractivity contribution in [2.24, 2.45) is 0 Å². The number of likely N-dealkylation sites (N-methyl/N-ethyl adjacent to an activating group) is 1. The molecule has 0 fully saturated rings. The first-order valence-electron chi connectivity index (χ1n) is 8.03. The number of aromatic nitrogens is 2. The third-order valence-corrected chi connectivity index (χ3v) is 4.77. The summed E-state index contributed by atoms with van der Waals surface area (Å²) in [5.74, 6) is 0. The van der Waals surface area contributed by atoms with Crippen molar-refractivity contribution >= 4 is 0 Å². The lowest BCUT2D eigenvalue weighted by Gasteiger charge is -2.23. The monoisotopic (exact) mass is 283 g/mol. The second kappa shape index (κ2) is 5.64. The van der Waals surface area contributed by atoms with Crippen LogP contribution in [0.15, 0.2) is 24.3 Å². The van der Waals surface area contributed by atoms with Crippen LogP contribution in [0, 0.1) is 13.8 Å². The number of hydrogen-bond acceptors (Lipinski definition) is 2. The maximum atomic E-state index is 4.86. The van der Waals surface area contributed by atoms with E-state index >= 15 is 0 Å². The maximum Gasteiger partial charge on any atom is 0.0757 e. The summed E-state index contributed by atoms with van der Waals surface area (Å²) >= 11 is 0. The standard InChI is InChI=1S/C18H25N3/c1-5-15-12(3)20-21(13(15)4)17-11-14-9-7-8-10-16(14)18(17)19-6-2/h7-10,17-19H,5-6,11H2,1-4H3. The van der Waals surface area contributed by atoms with E-state index in [1.165, 1.54) is 28.1 Å². The van der Waals surface area contributed by atoms with Crippen molar-refractivity contribution in [3.8, 4) is 0 Å². The molecule has 112 valence electrons. The quantitative estimate of drug-likeness (QED) is 0.930. The smallest absolute Gasteiger partial charge is 0.0757 e. The SMILES string of the molecule is CCNC1c2ccccc2CC1n1nc(C)c(CC)c1C. The van der Waals surface area contributed by atoms with Crippen LogP contribution >= 0.6 is 0 Å². The molecule has 1 heterocycles. The molecule has 1 aromatic carbocycles. The number of hydrogen-bond donors (Lipinski definition) is 1. The summed E-state index contributed by atoms with van der Waals surface area (Å²) in [4.78, 5) is 0. The van der Waals surface area contributed by atoms with E-state index in [2.05, 4.69) is 62.0 Å². The van der Waals surface area contributed by atoms with Gasteiger partial charge in [-0.05, 0) is 49.9 Å². The first kappa shape index (κ1) is 14.3. The Morgan fingerprint density at radius 2 is 2.00 bits per heavy atom. The third-order valence-electron chi connectivity index (χ3n) is 4.77. The van der Waals surface area contributed by atoms with Crippen LogP contribution in [0.2, 0.25) is 0 Å². The summed E-state index contributed by atoms with van der Waals surface area (Å²) in [5.41, 5.74) is 6.81. The van der Waals surface area contributed by atoms with Gasteiger partial charge in [0.05, 0.1) is 17.8 Å². The molecule has 1 aromatic heterocycles. The third kappa shape index (κ3) is 2.30. The van der Waals surface area contributed by atoms with Crippen LogP contribution in [0.25, 0.3) is 0 Å². The molecule has 1 aliphatic carbocycles. The Balaban J connectivity index is 2.03. The Morgan fingerprint density at radius 1 is 1.24 bits per heavy atom. The molecule has 21 heavy (non-hydrogen) atoms. The van der Waals surface area contributed by atoms with Gasteiger partial charge in [-0.1, -0.05) is 38.1 Å². The van der Waals surface area contributed by atoms with Crippen molar-refractivity contribution in [3.63, 3.8) is 0 Å². The Kier molecular flexibility index (Phi) is 3.85. The Bertz CT molecular complexity index is 642. The second-order valence-electron chi connectivity index (χ2n) is 5.95. The largest absolute Gasteiger partial charge is 0.308 e. The molecule has 0 radical (unpaired) electrons. The van der Waals surface area contributed by atoms with Gasteiger partial charge in [0.1, 0.15) is 0 Å². The lowest BCUT2D eigenvalue weighted by atomic mass is 10.1. The minimum Gasteiger partial charge on any atom is -0.308 e. The molecule has 0 aliphatic heterocycles. The molecular formula is C18H25N3. The predicted molar refractivity (Wildman–Crippen MR) is 86.7 cm³/mol. The fraction of sp³-hybridized carbons (Fsp3) is 0.500. The zero-order valence-electron chi connectivity index (χ0n) is 13.5. The highest BCUT2D eigenvalue weighted by atomic mass is 15.3. The molecule has 3 rings (SSSR count). The van der Waals surface area contributed by atoms with Crippen LogP contribution in [0.1, 0.15) is 54.0 Å². The minimum atomic E-state index is 0.369. The zero-order valence-corrected chi connectivity index (χ0v) is 13.5. The van der Waals surface area contributed by atoms with Crippen LogP contribution in [-0.2, 0) is 12.8 Å². The maximum absolute atomic E-state index is 4.86. The predicted octanol–water partition coefficient (Wildman–Crippen LogP) is 3.51. The molecule has 2 aromatic rings. The van der Waals surface area contributed by atoms with Gasteiger partial charge in [-0.2, -0.15) is 5.10 Å². The fourth-order valence-corrected chi connectivity index (χ4v) is 3.80. The van der Waals surface area contributed by atoms with E-state index in [-0.39, 0.29) is 0 Å². The van der Waals surface area contributed by atoms with E-state index in [0.717, 1.165) is 19.4 Å². The molecule has 1 aliphatic rings. The van der Waals surface area contributed by atoms with Gasteiger partial charge < -0.3 is 5.32 Å². The summed E-state index contributed by atoms with van der Waals surface area (Å²) < 4.78 is 2.27.